The number of halogens is 2. The Kier molecular flexibility index (Phi) is 3.71. The molecule has 0 aliphatic rings. The molecule has 1 aromatic heterocycles. The van der Waals surface area contributed by atoms with Gasteiger partial charge in [0.2, 0.25) is 0 Å². The van der Waals surface area contributed by atoms with Gasteiger partial charge in [-0.1, -0.05) is 12.1 Å². The van der Waals surface area contributed by atoms with E-state index >= 15 is 0 Å². The fourth-order valence-corrected chi connectivity index (χ4v) is 2.99. The molecule has 3 aromatic rings. The van der Waals surface area contributed by atoms with Crippen molar-refractivity contribution in [1.82, 2.24) is 9.55 Å². The van der Waals surface area contributed by atoms with Crippen LogP contribution in [0.5, 0.6) is 0 Å². The third-order valence-electron chi connectivity index (χ3n) is 3.34. The van der Waals surface area contributed by atoms with Crippen molar-refractivity contribution in [3.63, 3.8) is 0 Å². The minimum Gasteiger partial charge on any atom is -0.294 e. The quantitative estimate of drug-likeness (QED) is 0.621. The van der Waals surface area contributed by atoms with Crippen molar-refractivity contribution in [2.24, 2.45) is 0 Å². The third kappa shape index (κ3) is 2.33. The van der Waals surface area contributed by atoms with E-state index in [-0.39, 0.29) is 5.88 Å². The molecule has 3 rings (SSSR count). The first kappa shape index (κ1) is 14.1. The van der Waals surface area contributed by atoms with Gasteiger partial charge >= 0.3 is 0 Å². The minimum absolute atomic E-state index is 0.278. The van der Waals surface area contributed by atoms with E-state index in [0.29, 0.717) is 11.1 Å². The summed E-state index contributed by atoms with van der Waals surface area (Å²) in [5, 5.41) is 9.24. The Balaban J connectivity index is 2.42. The van der Waals surface area contributed by atoms with E-state index < -0.39 is 0 Å². The number of rotatable bonds is 2. The third-order valence-corrected chi connectivity index (χ3v) is 4.25. The molecule has 3 nitrogen and oxygen atoms in total. The molecule has 0 radical (unpaired) electrons. The van der Waals surface area contributed by atoms with Crippen LogP contribution >= 0.6 is 27.5 Å². The van der Waals surface area contributed by atoms with Crippen molar-refractivity contribution in [2.75, 3.05) is 0 Å². The summed E-state index contributed by atoms with van der Waals surface area (Å²) in [4.78, 5) is 4.54. The lowest BCUT2D eigenvalue weighted by molar-refractivity contribution is 0.975. The number of alkyl halides is 1. The van der Waals surface area contributed by atoms with E-state index in [1.165, 1.54) is 0 Å². The van der Waals surface area contributed by atoms with E-state index in [9.17, 15) is 5.26 Å². The molecule has 0 spiro atoms. The van der Waals surface area contributed by atoms with Crippen molar-refractivity contribution in [1.29, 1.82) is 5.26 Å². The summed E-state index contributed by atoms with van der Waals surface area (Å²) in [6.45, 7) is 2.04. The maximum Gasteiger partial charge on any atom is 0.129 e. The standard InChI is InChI=1S/C16H11BrClN3/c1-10-5-6-12(17)14(7-10)21-13-4-2-3-11(9-19)16(13)20-15(21)8-18/h2-7H,8H2,1H3. The molecular formula is C16H11BrClN3. The Hall–Kier alpha value is -1.83. The molecule has 0 saturated carbocycles. The van der Waals surface area contributed by atoms with Crippen molar-refractivity contribution < 1.29 is 0 Å². The average molecular weight is 361 g/mol. The fourth-order valence-electron chi connectivity index (χ4n) is 2.39. The van der Waals surface area contributed by atoms with Crippen LogP contribution in [0.25, 0.3) is 16.7 Å². The highest BCUT2D eigenvalue weighted by Crippen LogP contribution is 2.29. The number of hydrogen-bond acceptors (Lipinski definition) is 2. The van der Waals surface area contributed by atoms with Crippen LogP contribution in [0.15, 0.2) is 40.9 Å². The lowest BCUT2D eigenvalue weighted by atomic mass is 10.2. The molecular weight excluding hydrogens is 350 g/mol. The lowest BCUT2D eigenvalue weighted by Gasteiger charge is -2.11. The van der Waals surface area contributed by atoms with Crippen molar-refractivity contribution in [3.8, 4) is 11.8 Å². The molecule has 0 fully saturated rings. The van der Waals surface area contributed by atoms with Gasteiger partial charge in [-0.2, -0.15) is 5.26 Å². The van der Waals surface area contributed by atoms with Crippen LogP contribution < -0.4 is 0 Å². The van der Waals surface area contributed by atoms with Gasteiger partial charge in [0.1, 0.15) is 17.4 Å². The van der Waals surface area contributed by atoms with E-state index in [1.54, 1.807) is 6.07 Å². The molecule has 1 heterocycles. The molecule has 21 heavy (non-hydrogen) atoms. The second-order valence-corrected chi connectivity index (χ2v) is 5.86. The van der Waals surface area contributed by atoms with E-state index in [0.717, 1.165) is 27.1 Å². The Bertz CT molecular complexity index is 877. The zero-order valence-corrected chi connectivity index (χ0v) is 13.6. The maximum atomic E-state index is 9.24. The smallest absolute Gasteiger partial charge is 0.129 e. The maximum absolute atomic E-state index is 9.24. The highest BCUT2D eigenvalue weighted by atomic mass is 79.9. The minimum atomic E-state index is 0.278. The summed E-state index contributed by atoms with van der Waals surface area (Å²) in [7, 11) is 0. The van der Waals surface area contributed by atoms with Crippen LogP contribution in [0.3, 0.4) is 0 Å². The van der Waals surface area contributed by atoms with Crippen molar-refractivity contribution in [2.45, 2.75) is 12.8 Å². The second-order valence-electron chi connectivity index (χ2n) is 4.74. The number of nitriles is 1. The Morgan fingerprint density at radius 3 is 2.86 bits per heavy atom. The number of hydrogen-bond donors (Lipinski definition) is 0. The number of aryl methyl sites for hydroxylation is 1. The fraction of sp³-hybridized carbons (Fsp3) is 0.125. The molecule has 0 aliphatic heterocycles. The van der Waals surface area contributed by atoms with Crippen molar-refractivity contribution >= 4 is 38.6 Å². The largest absolute Gasteiger partial charge is 0.294 e. The predicted octanol–water partition coefficient (Wildman–Crippen LogP) is 4.71. The number of nitrogens with zero attached hydrogens (tertiary/aromatic N) is 3. The summed E-state index contributed by atoms with van der Waals surface area (Å²) in [6.07, 6.45) is 0. The van der Waals surface area contributed by atoms with E-state index in [2.05, 4.69) is 33.0 Å². The highest BCUT2D eigenvalue weighted by molar-refractivity contribution is 9.10. The van der Waals surface area contributed by atoms with E-state index in [4.69, 9.17) is 11.6 Å². The zero-order valence-electron chi connectivity index (χ0n) is 11.3. The number of benzene rings is 2. The summed E-state index contributed by atoms with van der Waals surface area (Å²) in [5.74, 6) is 1.00. The molecule has 0 N–H and O–H groups in total. The van der Waals surface area contributed by atoms with Crippen LogP contribution in [-0.4, -0.2) is 9.55 Å². The number of para-hydroxylation sites is 1. The number of imidazole rings is 1. The molecule has 0 unspecified atom stereocenters. The van der Waals surface area contributed by atoms with Gasteiger partial charge in [0, 0.05) is 4.47 Å². The molecule has 5 heteroatoms. The Labute approximate surface area is 135 Å². The monoisotopic (exact) mass is 359 g/mol. The van der Waals surface area contributed by atoms with E-state index in [1.807, 2.05) is 35.8 Å². The van der Waals surface area contributed by atoms with Gasteiger partial charge in [-0.25, -0.2) is 4.98 Å². The first-order chi connectivity index (χ1) is 10.2. The zero-order chi connectivity index (χ0) is 15.0. The molecule has 0 amide bonds. The summed E-state index contributed by atoms with van der Waals surface area (Å²) >= 11 is 9.64. The molecule has 0 saturated heterocycles. The van der Waals surface area contributed by atoms with Gasteiger partial charge < -0.3 is 0 Å². The molecule has 0 aliphatic carbocycles. The first-order valence-corrected chi connectivity index (χ1v) is 7.71. The Morgan fingerprint density at radius 2 is 2.14 bits per heavy atom. The van der Waals surface area contributed by atoms with Crippen LogP contribution in [0.1, 0.15) is 17.0 Å². The van der Waals surface area contributed by atoms with Crippen LogP contribution in [0.4, 0.5) is 0 Å². The Morgan fingerprint density at radius 1 is 1.33 bits per heavy atom. The van der Waals surface area contributed by atoms with Gasteiger partial charge in [0.05, 0.1) is 22.6 Å². The SMILES string of the molecule is Cc1ccc(Br)c(-n2c(CCl)nc3c(C#N)cccc32)c1. The summed E-state index contributed by atoms with van der Waals surface area (Å²) in [5.41, 5.74) is 4.25. The second kappa shape index (κ2) is 5.51. The number of aromatic nitrogens is 2. The van der Waals surface area contributed by atoms with Crippen molar-refractivity contribution in [3.05, 3.63) is 57.8 Å². The van der Waals surface area contributed by atoms with Gasteiger partial charge in [0.25, 0.3) is 0 Å². The normalized spacial score (nSPS) is 10.8. The highest BCUT2D eigenvalue weighted by Gasteiger charge is 2.16. The van der Waals surface area contributed by atoms with Gasteiger partial charge in [-0.15, -0.1) is 11.6 Å². The van der Waals surface area contributed by atoms with Gasteiger partial charge in [0.15, 0.2) is 0 Å². The molecule has 0 bridgehead atoms. The number of fused-ring (bicyclic) bond motifs is 1. The summed E-state index contributed by atoms with van der Waals surface area (Å²) < 4.78 is 2.96. The molecule has 104 valence electrons. The molecule has 0 atom stereocenters. The van der Waals surface area contributed by atoms with Gasteiger partial charge in [-0.3, -0.25) is 4.57 Å². The summed E-state index contributed by atoms with van der Waals surface area (Å²) in [6, 6.07) is 13.9. The van der Waals surface area contributed by atoms with Crippen LogP contribution in [0.2, 0.25) is 0 Å². The topological polar surface area (TPSA) is 41.6 Å². The predicted molar refractivity (Wildman–Crippen MR) is 87.8 cm³/mol. The lowest BCUT2D eigenvalue weighted by Crippen LogP contribution is -2.00. The average Bonchev–Trinajstić information content (AvgIpc) is 2.88. The van der Waals surface area contributed by atoms with Crippen LogP contribution in [0, 0.1) is 18.3 Å². The van der Waals surface area contributed by atoms with Crippen LogP contribution in [-0.2, 0) is 5.88 Å². The molecule has 2 aromatic carbocycles. The first-order valence-electron chi connectivity index (χ1n) is 6.38. The van der Waals surface area contributed by atoms with Gasteiger partial charge in [-0.05, 0) is 52.7 Å².